The number of amides is 1. The molecule has 0 radical (unpaired) electrons. The molecule has 0 unspecified atom stereocenters. The molecule has 5 nitrogen and oxygen atoms in total. The Morgan fingerprint density at radius 3 is 2.44 bits per heavy atom. The Bertz CT molecular complexity index is 469. The zero-order chi connectivity index (χ0) is 13.9. The van der Waals surface area contributed by atoms with Crippen LogP contribution >= 0.6 is 15.9 Å². The van der Waals surface area contributed by atoms with Crippen LogP contribution in [0.1, 0.15) is 31.3 Å². The summed E-state index contributed by atoms with van der Waals surface area (Å²) in [5, 5.41) is 8.87. The van der Waals surface area contributed by atoms with Crippen LogP contribution < -0.4 is 0 Å². The van der Waals surface area contributed by atoms with E-state index in [1.165, 1.54) is 4.90 Å². The number of hydrogen-bond donors (Lipinski definition) is 1. The van der Waals surface area contributed by atoms with Crippen molar-refractivity contribution in [2.75, 3.05) is 6.54 Å². The summed E-state index contributed by atoms with van der Waals surface area (Å²) >= 11 is 3.18. The third-order valence-electron chi connectivity index (χ3n) is 2.28. The summed E-state index contributed by atoms with van der Waals surface area (Å²) in [5.41, 5.74) is -0.361. The van der Waals surface area contributed by atoms with Gasteiger partial charge in [0.05, 0.1) is 0 Å². The molecule has 0 saturated carbocycles. The van der Waals surface area contributed by atoms with E-state index >= 15 is 0 Å². The van der Waals surface area contributed by atoms with Gasteiger partial charge in [-0.15, -0.1) is 0 Å². The average molecular weight is 315 g/mol. The van der Waals surface area contributed by atoms with E-state index in [0.717, 1.165) is 0 Å². The van der Waals surface area contributed by atoms with Gasteiger partial charge in [-0.1, -0.05) is 6.07 Å². The summed E-state index contributed by atoms with van der Waals surface area (Å²) in [7, 11) is 0. The maximum absolute atomic E-state index is 12.3. The maximum atomic E-state index is 12.3. The zero-order valence-electron chi connectivity index (χ0n) is 10.5. The minimum absolute atomic E-state index is 0.223. The van der Waals surface area contributed by atoms with Crippen LogP contribution in [0.15, 0.2) is 22.8 Å². The largest absolute Gasteiger partial charge is 0.480 e. The number of aliphatic carboxylic acids is 1. The molecule has 0 bridgehead atoms. The predicted octanol–water partition coefficient (Wildman–Crippen LogP) is 2.17. The Morgan fingerprint density at radius 2 is 2.00 bits per heavy atom. The van der Waals surface area contributed by atoms with Crippen molar-refractivity contribution in [2.45, 2.75) is 26.3 Å². The van der Waals surface area contributed by atoms with E-state index in [1.807, 2.05) is 0 Å². The first kappa shape index (κ1) is 14.6. The lowest BCUT2D eigenvalue weighted by molar-refractivity contribution is -0.138. The van der Waals surface area contributed by atoms with Gasteiger partial charge in [0.1, 0.15) is 16.8 Å². The van der Waals surface area contributed by atoms with Gasteiger partial charge in [0.25, 0.3) is 5.91 Å². The van der Waals surface area contributed by atoms with E-state index in [-0.39, 0.29) is 12.2 Å². The van der Waals surface area contributed by atoms with Gasteiger partial charge in [0.15, 0.2) is 0 Å². The molecule has 0 spiro atoms. The molecule has 1 rings (SSSR count). The fraction of sp³-hybridized carbons (Fsp3) is 0.417. The van der Waals surface area contributed by atoms with Gasteiger partial charge >= 0.3 is 5.97 Å². The van der Waals surface area contributed by atoms with Crippen LogP contribution in [-0.2, 0) is 4.79 Å². The molecule has 0 fully saturated rings. The van der Waals surface area contributed by atoms with Crippen LogP contribution in [0, 0.1) is 0 Å². The second-order valence-electron chi connectivity index (χ2n) is 4.80. The molecule has 1 N–H and O–H groups in total. The number of carboxylic acids is 1. The predicted molar refractivity (Wildman–Crippen MR) is 70.4 cm³/mol. The van der Waals surface area contributed by atoms with E-state index in [1.54, 1.807) is 39.0 Å². The fourth-order valence-corrected chi connectivity index (χ4v) is 1.76. The number of aromatic nitrogens is 1. The van der Waals surface area contributed by atoms with Crippen molar-refractivity contribution >= 4 is 27.8 Å². The van der Waals surface area contributed by atoms with Gasteiger partial charge in [0.2, 0.25) is 0 Å². The molecular weight excluding hydrogens is 300 g/mol. The number of carbonyl (C=O) groups is 2. The summed E-state index contributed by atoms with van der Waals surface area (Å²) in [5.74, 6) is -1.44. The van der Waals surface area contributed by atoms with Crippen molar-refractivity contribution in [3.63, 3.8) is 0 Å². The molecular formula is C12H15BrN2O3. The smallest absolute Gasteiger partial charge is 0.323 e. The first-order valence-corrected chi connectivity index (χ1v) is 6.17. The highest BCUT2D eigenvalue weighted by Crippen LogP contribution is 2.17. The standard InChI is InChI=1S/C12H15BrN2O3/c1-12(2,3)15(7-10(16)17)11(18)8-5-4-6-9(13)14-8/h4-6H,7H2,1-3H3,(H,16,17). The third kappa shape index (κ3) is 3.80. The van der Waals surface area contributed by atoms with Crippen LogP contribution in [0.25, 0.3) is 0 Å². The van der Waals surface area contributed by atoms with Crippen molar-refractivity contribution in [3.8, 4) is 0 Å². The van der Waals surface area contributed by atoms with Crippen LogP contribution in [-0.4, -0.2) is 39.0 Å². The second kappa shape index (κ2) is 5.48. The Hall–Kier alpha value is -1.43. The summed E-state index contributed by atoms with van der Waals surface area (Å²) in [6.45, 7) is 5.00. The van der Waals surface area contributed by atoms with E-state index < -0.39 is 17.4 Å². The van der Waals surface area contributed by atoms with Crippen LogP contribution in [0.2, 0.25) is 0 Å². The normalized spacial score (nSPS) is 11.1. The number of halogens is 1. The molecule has 18 heavy (non-hydrogen) atoms. The number of nitrogens with zero attached hydrogens (tertiary/aromatic N) is 2. The molecule has 6 heteroatoms. The minimum atomic E-state index is -1.05. The molecule has 0 atom stereocenters. The Kier molecular flexibility index (Phi) is 4.45. The van der Waals surface area contributed by atoms with Crippen molar-refractivity contribution in [2.24, 2.45) is 0 Å². The van der Waals surface area contributed by atoms with Crippen molar-refractivity contribution in [3.05, 3.63) is 28.5 Å². The van der Waals surface area contributed by atoms with Gasteiger partial charge in [-0.2, -0.15) is 0 Å². The fourth-order valence-electron chi connectivity index (χ4n) is 1.41. The third-order valence-corrected chi connectivity index (χ3v) is 2.72. The SMILES string of the molecule is CC(C)(C)N(CC(=O)O)C(=O)c1cccc(Br)n1. The molecule has 0 aliphatic heterocycles. The summed E-state index contributed by atoms with van der Waals surface area (Å²) in [4.78, 5) is 28.4. The monoisotopic (exact) mass is 314 g/mol. The topological polar surface area (TPSA) is 70.5 Å². The van der Waals surface area contributed by atoms with E-state index in [4.69, 9.17) is 5.11 Å². The first-order valence-electron chi connectivity index (χ1n) is 5.38. The Balaban J connectivity index is 3.06. The van der Waals surface area contributed by atoms with E-state index in [0.29, 0.717) is 4.60 Å². The maximum Gasteiger partial charge on any atom is 0.323 e. The van der Waals surface area contributed by atoms with Gasteiger partial charge in [-0.3, -0.25) is 9.59 Å². The molecule has 0 aliphatic rings. The molecule has 0 aliphatic carbocycles. The summed E-state index contributed by atoms with van der Waals surface area (Å²) in [6, 6.07) is 4.95. The van der Waals surface area contributed by atoms with Crippen LogP contribution in [0.4, 0.5) is 0 Å². The highest BCUT2D eigenvalue weighted by atomic mass is 79.9. The lowest BCUT2D eigenvalue weighted by Crippen LogP contribution is -2.48. The number of hydrogen-bond acceptors (Lipinski definition) is 3. The number of pyridine rings is 1. The molecule has 1 heterocycles. The van der Waals surface area contributed by atoms with Crippen molar-refractivity contribution in [1.29, 1.82) is 0 Å². The van der Waals surface area contributed by atoms with E-state index in [2.05, 4.69) is 20.9 Å². The number of carbonyl (C=O) groups excluding carboxylic acids is 1. The van der Waals surface area contributed by atoms with Gasteiger partial charge in [-0.25, -0.2) is 4.98 Å². The molecule has 1 aromatic rings. The van der Waals surface area contributed by atoms with Gasteiger partial charge in [0, 0.05) is 5.54 Å². The number of carboxylic acid groups (broad SMARTS) is 1. The van der Waals surface area contributed by atoms with Crippen molar-refractivity contribution < 1.29 is 14.7 Å². The first-order chi connectivity index (χ1) is 8.21. The summed E-state index contributed by atoms with van der Waals surface area (Å²) < 4.78 is 0.539. The Morgan fingerprint density at radius 1 is 1.39 bits per heavy atom. The molecule has 0 saturated heterocycles. The quantitative estimate of drug-likeness (QED) is 0.868. The summed E-state index contributed by atoms with van der Waals surface area (Å²) in [6.07, 6.45) is 0. The highest BCUT2D eigenvalue weighted by Gasteiger charge is 2.29. The van der Waals surface area contributed by atoms with Gasteiger partial charge < -0.3 is 10.0 Å². The minimum Gasteiger partial charge on any atom is -0.480 e. The average Bonchev–Trinajstić information content (AvgIpc) is 2.23. The Labute approximate surface area is 114 Å². The molecule has 1 amide bonds. The molecule has 98 valence electrons. The zero-order valence-corrected chi connectivity index (χ0v) is 12.1. The molecule has 1 aromatic heterocycles. The number of rotatable bonds is 3. The van der Waals surface area contributed by atoms with Crippen molar-refractivity contribution in [1.82, 2.24) is 9.88 Å². The lowest BCUT2D eigenvalue weighted by Gasteiger charge is -2.34. The van der Waals surface area contributed by atoms with Crippen LogP contribution in [0.3, 0.4) is 0 Å². The highest BCUT2D eigenvalue weighted by molar-refractivity contribution is 9.10. The molecule has 0 aromatic carbocycles. The van der Waals surface area contributed by atoms with E-state index in [9.17, 15) is 9.59 Å². The lowest BCUT2D eigenvalue weighted by atomic mass is 10.1. The van der Waals surface area contributed by atoms with Gasteiger partial charge in [-0.05, 0) is 48.8 Å². The second-order valence-corrected chi connectivity index (χ2v) is 5.61. The van der Waals surface area contributed by atoms with Crippen LogP contribution in [0.5, 0.6) is 0 Å².